The average molecular weight is 254 g/mol. The van der Waals surface area contributed by atoms with Gasteiger partial charge < -0.3 is 10.0 Å². The van der Waals surface area contributed by atoms with Crippen molar-refractivity contribution < 1.29 is 9.90 Å². The van der Waals surface area contributed by atoms with Crippen LogP contribution in [0.5, 0.6) is 0 Å². The van der Waals surface area contributed by atoms with Gasteiger partial charge in [0, 0.05) is 13.1 Å². The van der Waals surface area contributed by atoms with E-state index in [0.717, 1.165) is 24.1 Å². The molecule has 2 heterocycles. The average Bonchev–Trinajstić information content (AvgIpc) is 2.85. The summed E-state index contributed by atoms with van der Waals surface area (Å²) in [6.45, 7) is 6.01. The lowest BCUT2D eigenvalue weighted by Crippen LogP contribution is -2.19. The van der Waals surface area contributed by atoms with Crippen molar-refractivity contribution in [3.63, 3.8) is 0 Å². The molecule has 1 aliphatic heterocycles. The normalized spacial score (nSPS) is 19.9. The summed E-state index contributed by atoms with van der Waals surface area (Å²) in [5.74, 6) is -0.118. The van der Waals surface area contributed by atoms with Gasteiger partial charge in [-0.1, -0.05) is 24.7 Å². The van der Waals surface area contributed by atoms with Crippen molar-refractivity contribution in [2.75, 3.05) is 18.0 Å². The van der Waals surface area contributed by atoms with Crippen molar-refractivity contribution in [3.8, 4) is 0 Å². The second kappa shape index (κ2) is 5.04. The lowest BCUT2D eigenvalue weighted by molar-refractivity contribution is 0.0701. The van der Waals surface area contributed by atoms with Crippen LogP contribution < -0.4 is 4.90 Å². The number of aryl methyl sites for hydroxylation is 1. The lowest BCUT2D eigenvalue weighted by atomic mass is 10.0. The molecule has 1 aliphatic rings. The molecule has 94 valence electrons. The minimum absolute atomic E-state index is 0.374. The Hall–Kier alpha value is -1.10. The maximum atomic E-state index is 11.0. The van der Waals surface area contributed by atoms with Crippen LogP contribution in [0.15, 0.2) is 0 Å². The highest BCUT2D eigenvalue weighted by Crippen LogP contribution is 2.31. The van der Waals surface area contributed by atoms with Crippen molar-refractivity contribution in [1.29, 1.82) is 0 Å². The van der Waals surface area contributed by atoms with Crippen LogP contribution in [0.1, 0.15) is 41.6 Å². The standard InChI is InChI=1S/C12H18N2O2S/c1-3-4-9-5-6-14(7-9)12-13-8(2)10(17-12)11(15)16/h9H,3-7H2,1-2H3,(H,15,16). The zero-order chi connectivity index (χ0) is 12.4. The van der Waals surface area contributed by atoms with E-state index in [2.05, 4.69) is 16.8 Å². The molecule has 1 fully saturated rings. The van der Waals surface area contributed by atoms with Gasteiger partial charge >= 0.3 is 5.97 Å². The van der Waals surface area contributed by atoms with Crippen LogP contribution in [0.3, 0.4) is 0 Å². The number of aromatic carboxylic acids is 1. The number of rotatable bonds is 4. The summed E-state index contributed by atoms with van der Waals surface area (Å²) in [7, 11) is 0. The lowest BCUT2D eigenvalue weighted by Gasteiger charge is -2.14. The molecule has 1 saturated heterocycles. The molecule has 0 radical (unpaired) electrons. The fraction of sp³-hybridized carbons (Fsp3) is 0.667. The Bertz CT molecular complexity index is 417. The monoisotopic (exact) mass is 254 g/mol. The topological polar surface area (TPSA) is 53.4 Å². The highest BCUT2D eigenvalue weighted by atomic mass is 32.1. The minimum Gasteiger partial charge on any atom is -0.477 e. The maximum absolute atomic E-state index is 11.0. The first-order chi connectivity index (χ1) is 8.11. The minimum atomic E-state index is -0.865. The molecule has 1 aromatic rings. The molecule has 0 aromatic carbocycles. The van der Waals surface area contributed by atoms with Crippen LogP contribution in [0.25, 0.3) is 0 Å². The predicted octanol–water partition coefficient (Wildman–Crippen LogP) is 2.78. The summed E-state index contributed by atoms with van der Waals surface area (Å²) in [6, 6.07) is 0. The summed E-state index contributed by atoms with van der Waals surface area (Å²) in [5.41, 5.74) is 0.636. The van der Waals surface area contributed by atoms with Gasteiger partial charge in [-0.05, 0) is 25.7 Å². The molecule has 1 aromatic heterocycles. The zero-order valence-corrected chi connectivity index (χ0v) is 11.1. The van der Waals surface area contributed by atoms with Gasteiger partial charge in [0.2, 0.25) is 0 Å². The molecule has 4 nitrogen and oxygen atoms in total. The molecule has 0 bridgehead atoms. The van der Waals surface area contributed by atoms with Crippen LogP contribution in [0.2, 0.25) is 0 Å². The van der Waals surface area contributed by atoms with Crippen molar-refractivity contribution in [3.05, 3.63) is 10.6 Å². The SMILES string of the molecule is CCCC1CCN(c2nc(C)c(C(=O)O)s2)C1. The zero-order valence-electron chi connectivity index (χ0n) is 10.3. The molecule has 1 unspecified atom stereocenters. The Kier molecular flexibility index (Phi) is 3.66. The molecular formula is C12H18N2O2S. The van der Waals surface area contributed by atoms with E-state index in [1.54, 1.807) is 6.92 Å². The number of nitrogens with zero attached hydrogens (tertiary/aromatic N) is 2. The second-order valence-corrected chi connectivity index (χ2v) is 5.58. The summed E-state index contributed by atoms with van der Waals surface area (Å²) in [6.07, 6.45) is 3.68. The summed E-state index contributed by atoms with van der Waals surface area (Å²) in [5, 5.41) is 9.88. The third-order valence-electron chi connectivity index (χ3n) is 3.23. The van der Waals surface area contributed by atoms with E-state index >= 15 is 0 Å². The van der Waals surface area contributed by atoms with Gasteiger partial charge in [-0.15, -0.1) is 0 Å². The number of thiazole rings is 1. The fourth-order valence-electron chi connectivity index (χ4n) is 2.37. The summed E-state index contributed by atoms with van der Waals surface area (Å²) in [4.78, 5) is 17.9. The van der Waals surface area contributed by atoms with Crippen molar-refractivity contribution in [2.24, 2.45) is 5.92 Å². The molecule has 0 spiro atoms. The van der Waals surface area contributed by atoms with Crippen molar-refractivity contribution in [2.45, 2.75) is 33.1 Å². The van der Waals surface area contributed by atoms with Gasteiger partial charge in [0.25, 0.3) is 0 Å². The van der Waals surface area contributed by atoms with Gasteiger partial charge in [-0.25, -0.2) is 9.78 Å². The third kappa shape index (κ3) is 2.60. The highest BCUT2D eigenvalue weighted by molar-refractivity contribution is 7.17. The smallest absolute Gasteiger partial charge is 0.347 e. The predicted molar refractivity (Wildman–Crippen MR) is 69.0 cm³/mol. The number of anilines is 1. The molecular weight excluding hydrogens is 236 g/mol. The molecule has 5 heteroatoms. The first kappa shape index (κ1) is 12.4. The van der Waals surface area contributed by atoms with Gasteiger partial charge in [-0.3, -0.25) is 0 Å². The van der Waals surface area contributed by atoms with E-state index < -0.39 is 5.97 Å². The molecule has 1 N–H and O–H groups in total. The number of carboxylic acids is 1. The summed E-state index contributed by atoms with van der Waals surface area (Å²) >= 11 is 1.30. The van der Waals surface area contributed by atoms with Crippen molar-refractivity contribution >= 4 is 22.4 Å². The Morgan fingerprint density at radius 3 is 3.00 bits per heavy atom. The van der Waals surface area contributed by atoms with Crippen molar-refractivity contribution in [1.82, 2.24) is 4.98 Å². The third-order valence-corrected chi connectivity index (χ3v) is 4.44. The van der Waals surface area contributed by atoms with E-state index in [1.807, 2.05) is 0 Å². The Morgan fingerprint density at radius 2 is 2.41 bits per heavy atom. The van der Waals surface area contributed by atoms with E-state index in [0.29, 0.717) is 10.6 Å². The van der Waals surface area contributed by atoms with Crippen LogP contribution in [-0.2, 0) is 0 Å². The number of hydrogen-bond donors (Lipinski definition) is 1. The molecule has 0 aliphatic carbocycles. The van der Waals surface area contributed by atoms with Crippen LogP contribution >= 0.6 is 11.3 Å². The number of aromatic nitrogens is 1. The van der Waals surface area contributed by atoms with Gasteiger partial charge in [-0.2, -0.15) is 0 Å². The number of hydrogen-bond acceptors (Lipinski definition) is 4. The summed E-state index contributed by atoms with van der Waals surface area (Å²) < 4.78 is 0. The van der Waals surface area contributed by atoms with E-state index in [-0.39, 0.29) is 0 Å². The molecule has 0 saturated carbocycles. The number of carboxylic acid groups (broad SMARTS) is 1. The molecule has 17 heavy (non-hydrogen) atoms. The van der Waals surface area contributed by atoms with E-state index in [1.165, 1.54) is 30.6 Å². The first-order valence-corrected chi connectivity index (χ1v) is 6.89. The Morgan fingerprint density at radius 1 is 1.65 bits per heavy atom. The molecule has 0 amide bonds. The fourth-order valence-corrected chi connectivity index (χ4v) is 3.31. The second-order valence-electron chi connectivity index (χ2n) is 4.61. The highest BCUT2D eigenvalue weighted by Gasteiger charge is 2.25. The Labute approximate surface area is 105 Å². The van der Waals surface area contributed by atoms with E-state index in [9.17, 15) is 4.79 Å². The van der Waals surface area contributed by atoms with E-state index in [4.69, 9.17) is 5.11 Å². The quantitative estimate of drug-likeness (QED) is 0.897. The van der Waals surface area contributed by atoms with Crippen LogP contribution in [0.4, 0.5) is 5.13 Å². The largest absolute Gasteiger partial charge is 0.477 e. The van der Waals surface area contributed by atoms with Gasteiger partial charge in [0.1, 0.15) is 4.88 Å². The Balaban J connectivity index is 2.09. The molecule has 2 rings (SSSR count). The van der Waals surface area contributed by atoms with Gasteiger partial charge in [0.05, 0.1) is 5.69 Å². The molecule has 1 atom stereocenters. The number of carbonyl (C=O) groups is 1. The van der Waals surface area contributed by atoms with Crippen LogP contribution in [-0.4, -0.2) is 29.1 Å². The van der Waals surface area contributed by atoms with Crippen LogP contribution in [0, 0.1) is 12.8 Å². The first-order valence-electron chi connectivity index (χ1n) is 6.07. The maximum Gasteiger partial charge on any atom is 0.347 e. The van der Waals surface area contributed by atoms with Gasteiger partial charge in [0.15, 0.2) is 5.13 Å².